The zero-order valence-corrected chi connectivity index (χ0v) is 22.4. The van der Waals surface area contributed by atoms with Gasteiger partial charge in [-0.2, -0.15) is 0 Å². The fourth-order valence-electron chi connectivity index (χ4n) is 7.97. The summed E-state index contributed by atoms with van der Waals surface area (Å²) in [5.41, 5.74) is -5.81. The van der Waals surface area contributed by atoms with E-state index in [-0.39, 0.29) is 25.0 Å². The Morgan fingerprint density at radius 3 is 2.34 bits per heavy atom. The quantitative estimate of drug-likeness (QED) is 0.447. The van der Waals surface area contributed by atoms with Crippen molar-refractivity contribution < 1.29 is 43.6 Å². The summed E-state index contributed by atoms with van der Waals surface area (Å²) in [5.74, 6) is -5.40. The van der Waals surface area contributed by atoms with Crippen LogP contribution in [0, 0.1) is 28.6 Å². The van der Waals surface area contributed by atoms with Crippen molar-refractivity contribution in [3.63, 3.8) is 0 Å². The summed E-state index contributed by atoms with van der Waals surface area (Å²) in [6.45, 7) is 7.86. The molecule has 4 aliphatic rings. The van der Waals surface area contributed by atoms with Gasteiger partial charge in [-0.15, -0.1) is 0 Å². The molecule has 0 radical (unpaired) electrons. The minimum atomic E-state index is -1.94. The number of rotatable bonds is 3. The van der Waals surface area contributed by atoms with Gasteiger partial charge in [0.25, 0.3) is 0 Å². The minimum Gasteiger partial charge on any atom is -0.455 e. The third kappa shape index (κ3) is 3.47. The van der Waals surface area contributed by atoms with Gasteiger partial charge in [-0.1, -0.05) is 45.9 Å². The number of hydrogen-bond donors (Lipinski definition) is 2. The van der Waals surface area contributed by atoms with Crippen molar-refractivity contribution in [3.8, 4) is 0 Å². The van der Waals surface area contributed by atoms with E-state index >= 15 is 0 Å². The molecule has 7 unspecified atom stereocenters. The number of hydrogen-bond acceptors (Lipinski definition) is 9. The summed E-state index contributed by atoms with van der Waals surface area (Å²) in [7, 11) is 0. The Labute approximate surface area is 221 Å². The monoisotopic (exact) mass is 528 g/mol. The van der Waals surface area contributed by atoms with Gasteiger partial charge >= 0.3 is 11.9 Å². The number of fused-ring (bicyclic) bond motifs is 5. The molecule has 1 heterocycles. The molecule has 0 spiro atoms. The molecule has 1 aliphatic heterocycles. The van der Waals surface area contributed by atoms with Gasteiger partial charge in [0.15, 0.2) is 5.60 Å². The fourth-order valence-corrected chi connectivity index (χ4v) is 7.97. The van der Waals surface area contributed by atoms with Crippen LogP contribution < -0.4 is 0 Å². The largest absolute Gasteiger partial charge is 0.455 e. The lowest BCUT2D eigenvalue weighted by molar-refractivity contribution is -0.337. The predicted molar refractivity (Wildman–Crippen MR) is 133 cm³/mol. The number of carbonyl (C=O) groups excluding carboxylic acids is 4. The maximum atomic E-state index is 14.2. The molecular weight excluding hydrogens is 492 g/mol. The highest BCUT2D eigenvalue weighted by Crippen LogP contribution is 2.64. The summed E-state index contributed by atoms with van der Waals surface area (Å²) >= 11 is 0. The average Bonchev–Trinajstić information content (AvgIpc) is 2.84. The van der Waals surface area contributed by atoms with E-state index in [1.54, 1.807) is 58.0 Å². The number of aliphatic hydroxyl groups excluding tert-OH is 1. The number of benzene rings is 1. The second-order valence-corrected chi connectivity index (χ2v) is 12.4. The zero-order valence-electron chi connectivity index (χ0n) is 22.4. The fraction of sp³-hybridized carbons (Fsp3) is 0.655. The van der Waals surface area contributed by atoms with Crippen molar-refractivity contribution in [3.05, 3.63) is 35.9 Å². The first kappa shape index (κ1) is 27.0. The van der Waals surface area contributed by atoms with Gasteiger partial charge < -0.3 is 24.4 Å². The lowest BCUT2D eigenvalue weighted by Gasteiger charge is -2.67. The van der Waals surface area contributed by atoms with Crippen LogP contribution in [0.5, 0.6) is 0 Å². The van der Waals surface area contributed by atoms with Gasteiger partial charge in [-0.25, -0.2) is 4.79 Å². The van der Waals surface area contributed by atoms with E-state index in [4.69, 9.17) is 14.2 Å². The van der Waals surface area contributed by atoms with Gasteiger partial charge in [-0.3, -0.25) is 14.4 Å². The molecule has 0 aromatic heterocycles. The Kier molecular flexibility index (Phi) is 6.17. The first-order valence-corrected chi connectivity index (χ1v) is 13.3. The van der Waals surface area contributed by atoms with E-state index in [9.17, 15) is 29.4 Å². The molecule has 0 amide bonds. The van der Waals surface area contributed by atoms with Crippen molar-refractivity contribution in [2.75, 3.05) is 6.61 Å². The highest BCUT2D eigenvalue weighted by molar-refractivity contribution is 6.40. The number of ketones is 2. The summed E-state index contributed by atoms with van der Waals surface area (Å²) in [6.07, 6.45) is -2.76. The Morgan fingerprint density at radius 2 is 1.76 bits per heavy atom. The minimum absolute atomic E-state index is 0.0722. The van der Waals surface area contributed by atoms with Crippen molar-refractivity contribution in [2.45, 2.75) is 83.4 Å². The SMILES string of the molecule is CC(=O)O[C@@]12COC1CC[C@@]1(C)C(=O)C(=O)C3C(C)C(O)CC(O)(C(OC(=O)c4ccccc4)C21)C3(C)C. The normalized spacial score (nSPS) is 43.4. The maximum Gasteiger partial charge on any atom is 0.338 e. The van der Waals surface area contributed by atoms with Crippen LogP contribution in [0.25, 0.3) is 0 Å². The smallest absolute Gasteiger partial charge is 0.338 e. The second kappa shape index (κ2) is 8.69. The molecule has 1 saturated heterocycles. The lowest BCUT2D eigenvalue weighted by Crippen LogP contribution is -2.80. The first-order valence-electron chi connectivity index (χ1n) is 13.3. The Hall–Kier alpha value is -2.62. The highest BCUT2D eigenvalue weighted by atomic mass is 16.6. The number of aliphatic hydroxyl groups is 2. The average molecular weight is 529 g/mol. The molecule has 9 nitrogen and oxygen atoms in total. The third-order valence-corrected chi connectivity index (χ3v) is 10.1. The van der Waals surface area contributed by atoms with Crippen LogP contribution in [0.2, 0.25) is 0 Å². The van der Waals surface area contributed by atoms with E-state index in [1.807, 2.05) is 0 Å². The molecule has 1 aromatic rings. The predicted octanol–water partition coefficient (Wildman–Crippen LogP) is 2.25. The topological polar surface area (TPSA) is 136 Å². The number of ether oxygens (including phenoxy) is 3. The Balaban J connectivity index is 1.77. The van der Waals surface area contributed by atoms with Crippen molar-refractivity contribution in [1.29, 1.82) is 0 Å². The molecule has 3 saturated carbocycles. The Morgan fingerprint density at radius 1 is 1.11 bits per heavy atom. The van der Waals surface area contributed by atoms with Gasteiger partial charge in [0.1, 0.15) is 17.8 Å². The maximum absolute atomic E-state index is 14.2. The molecule has 206 valence electrons. The molecule has 38 heavy (non-hydrogen) atoms. The molecule has 9 atom stereocenters. The summed E-state index contributed by atoms with van der Waals surface area (Å²) in [6, 6.07) is 8.26. The van der Waals surface area contributed by atoms with Crippen LogP contribution in [-0.2, 0) is 28.6 Å². The third-order valence-electron chi connectivity index (χ3n) is 10.1. The molecular formula is C29H36O9. The second-order valence-electron chi connectivity index (χ2n) is 12.4. The van der Waals surface area contributed by atoms with Gasteiger partial charge in [0, 0.05) is 30.1 Å². The molecule has 2 bridgehead atoms. The molecule has 9 heteroatoms. The summed E-state index contributed by atoms with van der Waals surface area (Å²) in [5, 5.41) is 23.7. The zero-order chi connectivity index (χ0) is 27.8. The van der Waals surface area contributed by atoms with E-state index in [0.717, 1.165) is 0 Å². The van der Waals surface area contributed by atoms with Crippen molar-refractivity contribution >= 4 is 23.5 Å². The van der Waals surface area contributed by atoms with Gasteiger partial charge in [0.05, 0.1) is 24.2 Å². The standard InChI is InChI=1S/C29H36O9/c1-15-18(31)13-29(35)24(37-25(34)17-9-7-6-8-10-17)22-27(5,23(33)21(32)20(15)26(29,3)4)12-11-19-28(22,14-36-19)38-16(2)30/h6-10,15,18-20,22,24,31,35H,11-14H2,1-5H3/t15?,18?,19?,20?,22?,24?,27-,28+,29?/m1/s1. The molecule has 2 N–H and O–H groups in total. The molecule has 5 rings (SSSR count). The van der Waals surface area contributed by atoms with Gasteiger partial charge in [-0.05, 0) is 30.9 Å². The molecule has 1 aromatic carbocycles. The van der Waals surface area contributed by atoms with E-state index < -0.39 is 81.6 Å². The van der Waals surface area contributed by atoms with Crippen molar-refractivity contribution in [1.82, 2.24) is 0 Å². The number of carbonyl (C=O) groups is 4. The molecule has 3 aliphatic carbocycles. The number of esters is 2. The van der Waals surface area contributed by atoms with Crippen LogP contribution in [-0.4, -0.2) is 69.8 Å². The van der Waals surface area contributed by atoms with Crippen LogP contribution in [0.3, 0.4) is 0 Å². The van der Waals surface area contributed by atoms with Crippen LogP contribution in [0.1, 0.15) is 64.2 Å². The van der Waals surface area contributed by atoms with Crippen LogP contribution in [0.4, 0.5) is 0 Å². The summed E-state index contributed by atoms with van der Waals surface area (Å²) in [4.78, 5) is 54.1. The van der Waals surface area contributed by atoms with Gasteiger partial charge in [0.2, 0.25) is 11.6 Å². The Bertz CT molecular complexity index is 1180. The first-order chi connectivity index (χ1) is 17.7. The van der Waals surface area contributed by atoms with E-state index in [0.29, 0.717) is 6.42 Å². The van der Waals surface area contributed by atoms with E-state index in [2.05, 4.69) is 0 Å². The van der Waals surface area contributed by atoms with Crippen LogP contribution >= 0.6 is 0 Å². The summed E-state index contributed by atoms with van der Waals surface area (Å²) < 4.78 is 17.9. The van der Waals surface area contributed by atoms with E-state index in [1.165, 1.54) is 6.92 Å². The lowest BCUT2D eigenvalue weighted by atomic mass is 9.43. The van der Waals surface area contributed by atoms with Crippen molar-refractivity contribution in [2.24, 2.45) is 28.6 Å². The number of Topliss-reactive ketones (excluding diaryl/α,β-unsaturated/α-hetero) is 2. The van der Waals surface area contributed by atoms with Crippen LogP contribution in [0.15, 0.2) is 30.3 Å². The molecule has 4 fully saturated rings. The highest BCUT2D eigenvalue weighted by Gasteiger charge is 2.77.